The lowest BCUT2D eigenvalue weighted by Crippen LogP contribution is -2.13. The number of anilines is 1. The van der Waals surface area contributed by atoms with E-state index in [1.54, 1.807) is 30.5 Å². The zero-order valence-electron chi connectivity index (χ0n) is 16.1. The summed E-state index contributed by atoms with van der Waals surface area (Å²) >= 11 is 0. The Morgan fingerprint density at radius 2 is 1.59 bits per heavy atom. The molecule has 0 fully saturated rings. The second-order valence-electron chi connectivity index (χ2n) is 6.84. The lowest BCUT2D eigenvalue weighted by molar-refractivity contribution is 0.588. The summed E-state index contributed by atoms with van der Waals surface area (Å²) in [5.41, 5.74) is 4.07. The Bertz CT molecular complexity index is 1250. The molecule has 1 heterocycles. The van der Waals surface area contributed by atoms with E-state index in [9.17, 15) is 8.42 Å². The molecule has 0 spiro atoms. The van der Waals surface area contributed by atoms with Crippen molar-refractivity contribution in [1.82, 2.24) is 4.98 Å². The first-order valence-electron chi connectivity index (χ1n) is 9.14. The molecular weight excluding hydrogens is 384 g/mol. The maximum Gasteiger partial charge on any atom is 0.261 e. The topological polar surface area (TPSA) is 72.2 Å². The Morgan fingerprint density at radius 3 is 2.31 bits per heavy atom. The molecule has 3 aromatic carbocycles. The fourth-order valence-corrected chi connectivity index (χ4v) is 4.09. The Labute approximate surface area is 170 Å². The van der Waals surface area contributed by atoms with Gasteiger partial charge in [-0.15, -0.1) is 0 Å². The highest BCUT2D eigenvalue weighted by atomic mass is 32.2. The number of aromatic nitrogens is 1. The number of aryl methyl sites for hydroxylation is 2. The van der Waals surface area contributed by atoms with Crippen molar-refractivity contribution in [1.29, 1.82) is 0 Å². The third-order valence-corrected chi connectivity index (χ3v) is 5.99. The van der Waals surface area contributed by atoms with Crippen molar-refractivity contribution in [2.75, 3.05) is 4.72 Å². The van der Waals surface area contributed by atoms with E-state index in [0.717, 1.165) is 16.7 Å². The van der Waals surface area contributed by atoms with Gasteiger partial charge in [0.25, 0.3) is 10.0 Å². The molecule has 5 nitrogen and oxygen atoms in total. The number of benzene rings is 3. The van der Waals surface area contributed by atoms with Crippen molar-refractivity contribution in [2.45, 2.75) is 18.7 Å². The molecule has 0 aliphatic heterocycles. The average molecular weight is 404 g/mol. The van der Waals surface area contributed by atoms with Crippen LogP contribution in [0.25, 0.3) is 22.8 Å². The van der Waals surface area contributed by atoms with Crippen LogP contribution < -0.4 is 4.72 Å². The van der Waals surface area contributed by atoms with Gasteiger partial charge in [-0.25, -0.2) is 13.4 Å². The zero-order chi connectivity index (χ0) is 20.4. The third-order valence-electron chi connectivity index (χ3n) is 4.61. The average Bonchev–Trinajstić information content (AvgIpc) is 3.22. The second-order valence-corrected chi connectivity index (χ2v) is 8.53. The molecule has 146 valence electrons. The van der Waals surface area contributed by atoms with Crippen LogP contribution in [0, 0.1) is 13.8 Å². The van der Waals surface area contributed by atoms with Crippen LogP contribution in [-0.2, 0) is 10.0 Å². The van der Waals surface area contributed by atoms with Gasteiger partial charge < -0.3 is 4.42 Å². The highest BCUT2D eigenvalue weighted by Gasteiger charge is 2.16. The van der Waals surface area contributed by atoms with Gasteiger partial charge in [0.1, 0.15) is 0 Å². The SMILES string of the molecule is Cc1ccc(C)c(NS(=O)(=O)c2ccc(-c3ncc(-c4ccccc4)o3)cc2)c1. The number of sulfonamides is 1. The standard InChI is InChI=1S/C23H20N2O3S/c1-16-8-9-17(2)21(14-16)25-29(26,27)20-12-10-19(11-13-20)23-24-15-22(28-23)18-6-4-3-5-7-18/h3-15,25H,1-2H3. The Kier molecular flexibility index (Phi) is 4.94. The molecule has 0 saturated carbocycles. The zero-order valence-corrected chi connectivity index (χ0v) is 16.9. The van der Waals surface area contributed by atoms with Crippen LogP contribution >= 0.6 is 0 Å². The van der Waals surface area contributed by atoms with Crippen LogP contribution in [0.5, 0.6) is 0 Å². The molecule has 0 aliphatic carbocycles. The smallest absolute Gasteiger partial charge is 0.261 e. The van der Waals surface area contributed by atoms with Crippen molar-refractivity contribution >= 4 is 15.7 Å². The highest BCUT2D eigenvalue weighted by molar-refractivity contribution is 7.92. The van der Waals surface area contributed by atoms with Gasteiger partial charge in [-0.2, -0.15) is 0 Å². The molecule has 0 saturated heterocycles. The van der Waals surface area contributed by atoms with E-state index in [-0.39, 0.29) is 4.90 Å². The minimum atomic E-state index is -3.69. The molecule has 4 aromatic rings. The predicted molar refractivity (Wildman–Crippen MR) is 114 cm³/mol. The van der Waals surface area contributed by atoms with Crippen LogP contribution in [-0.4, -0.2) is 13.4 Å². The number of oxazole rings is 1. The van der Waals surface area contributed by atoms with E-state index >= 15 is 0 Å². The predicted octanol–water partition coefficient (Wildman–Crippen LogP) is 5.43. The minimum Gasteiger partial charge on any atom is -0.436 e. The van der Waals surface area contributed by atoms with Crippen LogP contribution in [0.4, 0.5) is 5.69 Å². The van der Waals surface area contributed by atoms with Crippen LogP contribution in [0.2, 0.25) is 0 Å². The van der Waals surface area contributed by atoms with E-state index in [1.165, 1.54) is 0 Å². The fourth-order valence-electron chi connectivity index (χ4n) is 2.97. The van der Waals surface area contributed by atoms with E-state index < -0.39 is 10.0 Å². The van der Waals surface area contributed by atoms with E-state index in [2.05, 4.69) is 9.71 Å². The van der Waals surface area contributed by atoms with E-state index in [0.29, 0.717) is 22.9 Å². The summed E-state index contributed by atoms with van der Waals surface area (Å²) < 4.78 is 34.0. The van der Waals surface area contributed by atoms with E-state index in [4.69, 9.17) is 4.42 Å². The monoisotopic (exact) mass is 404 g/mol. The Balaban J connectivity index is 1.58. The van der Waals surface area contributed by atoms with Crippen molar-refractivity contribution < 1.29 is 12.8 Å². The lowest BCUT2D eigenvalue weighted by atomic mass is 10.1. The largest absolute Gasteiger partial charge is 0.436 e. The molecule has 1 aromatic heterocycles. The van der Waals surface area contributed by atoms with Gasteiger partial charge in [-0.3, -0.25) is 4.72 Å². The minimum absolute atomic E-state index is 0.178. The van der Waals surface area contributed by atoms with Gasteiger partial charge >= 0.3 is 0 Å². The van der Waals surface area contributed by atoms with Crippen molar-refractivity contribution in [3.8, 4) is 22.8 Å². The molecule has 0 unspecified atom stereocenters. The summed E-state index contributed by atoms with van der Waals surface area (Å²) in [6, 6.07) is 21.8. The quantitative estimate of drug-likeness (QED) is 0.482. The van der Waals surface area contributed by atoms with Gasteiger partial charge in [0, 0.05) is 11.1 Å². The summed E-state index contributed by atoms with van der Waals surface area (Å²) in [4.78, 5) is 4.49. The lowest BCUT2D eigenvalue weighted by Gasteiger charge is -2.11. The summed E-state index contributed by atoms with van der Waals surface area (Å²) in [5.74, 6) is 1.10. The van der Waals surface area contributed by atoms with E-state index in [1.807, 2.05) is 62.4 Å². The van der Waals surface area contributed by atoms with Gasteiger partial charge in [0.15, 0.2) is 5.76 Å². The number of rotatable bonds is 5. The van der Waals surface area contributed by atoms with Crippen LogP contribution in [0.3, 0.4) is 0 Å². The summed E-state index contributed by atoms with van der Waals surface area (Å²) in [6.45, 7) is 3.79. The number of nitrogens with zero attached hydrogens (tertiary/aromatic N) is 1. The highest BCUT2D eigenvalue weighted by Crippen LogP contribution is 2.27. The van der Waals surface area contributed by atoms with Crippen LogP contribution in [0.15, 0.2) is 88.3 Å². The fraction of sp³-hybridized carbons (Fsp3) is 0.0870. The summed E-state index contributed by atoms with van der Waals surface area (Å²) in [7, 11) is -3.69. The Hall–Kier alpha value is -3.38. The molecule has 0 amide bonds. The van der Waals surface area contributed by atoms with Crippen molar-refractivity contribution in [2.24, 2.45) is 0 Å². The number of nitrogens with one attached hydrogen (secondary N) is 1. The Morgan fingerprint density at radius 1 is 0.862 bits per heavy atom. The second kappa shape index (κ2) is 7.56. The molecule has 1 N–H and O–H groups in total. The summed E-state index contributed by atoms with van der Waals surface area (Å²) in [5, 5.41) is 0. The number of hydrogen-bond acceptors (Lipinski definition) is 4. The molecule has 0 bridgehead atoms. The molecule has 4 rings (SSSR count). The maximum atomic E-state index is 12.8. The third kappa shape index (κ3) is 4.07. The number of hydrogen-bond donors (Lipinski definition) is 1. The van der Waals surface area contributed by atoms with Crippen LogP contribution in [0.1, 0.15) is 11.1 Å². The first-order chi connectivity index (χ1) is 13.9. The molecular formula is C23H20N2O3S. The van der Waals surface area contributed by atoms with Gasteiger partial charge in [0.2, 0.25) is 5.89 Å². The van der Waals surface area contributed by atoms with Gasteiger partial charge in [0.05, 0.1) is 16.8 Å². The van der Waals surface area contributed by atoms with Crippen molar-refractivity contribution in [3.05, 3.63) is 90.1 Å². The summed E-state index contributed by atoms with van der Waals surface area (Å²) in [6.07, 6.45) is 1.66. The van der Waals surface area contributed by atoms with Crippen molar-refractivity contribution in [3.63, 3.8) is 0 Å². The molecule has 29 heavy (non-hydrogen) atoms. The maximum absolute atomic E-state index is 12.8. The van der Waals surface area contributed by atoms with Gasteiger partial charge in [-0.1, -0.05) is 42.5 Å². The first kappa shape index (κ1) is 19.0. The molecule has 0 radical (unpaired) electrons. The van der Waals surface area contributed by atoms with Gasteiger partial charge in [-0.05, 0) is 55.3 Å². The molecule has 0 atom stereocenters. The molecule has 6 heteroatoms. The molecule has 0 aliphatic rings. The normalized spacial score (nSPS) is 11.4. The first-order valence-corrected chi connectivity index (χ1v) is 10.6.